The first kappa shape index (κ1) is 14.7. The third-order valence-electron chi connectivity index (χ3n) is 1.76. The lowest BCUT2D eigenvalue weighted by Crippen LogP contribution is -2.41. The molecule has 0 fully saturated rings. The number of urea groups is 1. The van der Waals surface area contributed by atoms with E-state index < -0.39 is 11.9 Å². The van der Waals surface area contributed by atoms with Gasteiger partial charge in [0.1, 0.15) is 6.54 Å². The van der Waals surface area contributed by atoms with Gasteiger partial charge in [-0.1, -0.05) is 34.8 Å². The maximum atomic E-state index is 11.3. The van der Waals surface area contributed by atoms with Crippen LogP contribution in [-0.2, 0) is 4.79 Å². The van der Waals surface area contributed by atoms with Crippen molar-refractivity contribution in [3.8, 4) is 0 Å². The molecule has 6 nitrogen and oxygen atoms in total. The number of halogens is 3. The molecular formula is C9H9Cl3N4O2. The van der Waals surface area contributed by atoms with Crippen molar-refractivity contribution >= 4 is 52.4 Å². The van der Waals surface area contributed by atoms with Crippen LogP contribution in [0, 0.1) is 0 Å². The minimum atomic E-state index is -0.798. The summed E-state index contributed by atoms with van der Waals surface area (Å²) in [5.41, 5.74) is 9.91. The number of primary amides is 1. The van der Waals surface area contributed by atoms with Gasteiger partial charge in [0.25, 0.3) is 5.91 Å². The van der Waals surface area contributed by atoms with Crippen LogP contribution < -0.4 is 21.9 Å². The molecule has 0 saturated heterocycles. The van der Waals surface area contributed by atoms with Crippen LogP contribution in [0.25, 0.3) is 0 Å². The van der Waals surface area contributed by atoms with Crippen LogP contribution in [0.2, 0.25) is 15.1 Å². The second kappa shape index (κ2) is 6.53. The Kier molecular flexibility index (Phi) is 5.33. The maximum Gasteiger partial charge on any atom is 0.312 e. The second-order valence-electron chi connectivity index (χ2n) is 3.14. The fourth-order valence-electron chi connectivity index (χ4n) is 1.01. The molecule has 0 aromatic heterocycles. The van der Waals surface area contributed by atoms with Crippen molar-refractivity contribution in [1.82, 2.24) is 10.7 Å². The third kappa shape index (κ3) is 4.48. The Balaban J connectivity index is 2.58. The van der Waals surface area contributed by atoms with Gasteiger partial charge in [0.2, 0.25) is 0 Å². The van der Waals surface area contributed by atoms with Crippen molar-refractivity contribution in [1.29, 1.82) is 0 Å². The molecule has 0 bridgehead atoms. The van der Waals surface area contributed by atoms with Gasteiger partial charge < -0.3 is 11.1 Å². The van der Waals surface area contributed by atoms with Crippen molar-refractivity contribution in [2.75, 3.05) is 12.0 Å². The normalized spacial score (nSPS) is 9.72. The summed E-state index contributed by atoms with van der Waals surface area (Å²) in [6, 6.07) is 2.13. The van der Waals surface area contributed by atoms with Gasteiger partial charge in [0, 0.05) is 5.02 Å². The summed E-state index contributed by atoms with van der Waals surface area (Å²) in [5.74, 6) is -0.518. The van der Waals surface area contributed by atoms with Gasteiger partial charge in [0.05, 0.1) is 15.7 Å². The average molecular weight is 312 g/mol. The molecule has 0 atom stereocenters. The van der Waals surface area contributed by atoms with Crippen LogP contribution in [-0.4, -0.2) is 18.5 Å². The van der Waals surface area contributed by atoms with Crippen molar-refractivity contribution in [2.24, 2.45) is 5.73 Å². The average Bonchev–Trinajstić information content (AvgIpc) is 2.24. The third-order valence-corrected chi connectivity index (χ3v) is 2.57. The van der Waals surface area contributed by atoms with Gasteiger partial charge in [-0.15, -0.1) is 0 Å². The van der Waals surface area contributed by atoms with E-state index in [2.05, 4.69) is 16.2 Å². The number of hydrogen-bond acceptors (Lipinski definition) is 3. The molecule has 0 saturated carbocycles. The van der Waals surface area contributed by atoms with E-state index in [0.717, 1.165) is 0 Å². The quantitative estimate of drug-likeness (QED) is 0.638. The molecule has 18 heavy (non-hydrogen) atoms. The van der Waals surface area contributed by atoms with Crippen LogP contribution >= 0.6 is 34.8 Å². The SMILES string of the molecule is NC(=O)NCC(=O)NNc1c(Cl)cc(Cl)cc1Cl. The number of hydrogen-bond donors (Lipinski definition) is 4. The Bertz CT molecular complexity index is 458. The van der Waals surface area contributed by atoms with E-state index in [1.807, 2.05) is 0 Å². The minimum Gasteiger partial charge on any atom is -0.352 e. The first-order chi connectivity index (χ1) is 8.40. The molecule has 0 aliphatic rings. The van der Waals surface area contributed by atoms with Gasteiger partial charge in [-0.2, -0.15) is 0 Å². The second-order valence-corrected chi connectivity index (χ2v) is 4.39. The van der Waals surface area contributed by atoms with Gasteiger partial charge in [-0.3, -0.25) is 15.6 Å². The Morgan fingerprint density at radius 2 is 1.72 bits per heavy atom. The molecule has 1 aromatic rings. The van der Waals surface area contributed by atoms with Gasteiger partial charge in [0.15, 0.2) is 0 Å². The fraction of sp³-hybridized carbons (Fsp3) is 0.111. The van der Waals surface area contributed by atoms with Crippen molar-refractivity contribution < 1.29 is 9.59 Å². The largest absolute Gasteiger partial charge is 0.352 e. The molecular weight excluding hydrogens is 302 g/mol. The van der Waals surface area contributed by atoms with E-state index in [9.17, 15) is 9.59 Å². The molecule has 0 radical (unpaired) electrons. The summed E-state index contributed by atoms with van der Waals surface area (Å²) in [6.45, 7) is -0.273. The van der Waals surface area contributed by atoms with Crippen LogP contribution in [0.4, 0.5) is 10.5 Å². The van der Waals surface area contributed by atoms with E-state index >= 15 is 0 Å². The predicted octanol–water partition coefficient (Wildman–Crippen LogP) is 1.76. The van der Waals surface area contributed by atoms with Crippen molar-refractivity contribution in [3.05, 3.63) is 27.2 Å². The molecule has 0 heterocycles. The van der Waals surface area contributed by atoms with E-state index in [0.29, 0.717) is 10.7 Å². The van der Waals surface area contributed by atoms with Crippen molar-refractivity contribution in [3.63, 3.8) is 0 Å². The Labute approximate surface area is 118 Å². The van der Waals surface area contributed by atoms with Crippen LogP contribution in [0.5, 0.6) is 0 Å². The highest BCUT2D eigenvalue weighted by Crippen LogP contribution is 2.32. The number of anilines is 1. The number of carbonyl (C=O) groups excluding carboxylic acids is 2. The number of amides is 3. The number of hydrazine groups is 1. The standard InChI is InChI=1S/C9H9Cl3N4O2/c10-4-1-5(11)8(6(12)2-4)16-15-7(17)3-14-9(13)18/h1-2,16H,3H2,(H,15,17)(H3,13,14,18). The van der Waals surface area contributed by atoms with E-state index in [1.54, 1.807) is 0 Å². The zero-order valence-electron chi connectivity index (χ0n) is 8.89. The number of nitrogens with one attached hydrogen (secondary N) is 3. The zero-order chi connectivity index (χ0) is 13.7. The first-order valence-electron chi connectivity index (χ1n) is 4.63. The number of rotatable bonds is 4. The molecule has 5 N–H and O–H groups in total. The lowest BCUT2D eigenvalue weighted by molar-refractivity contribution is -0.119. The lowest BCUT2D eigenvalue weighted by atomic mass is 10.3. The number of carbonyl (C=O) groups is 2. The van der Waals surface area contributed by atoms with E-state index in [-0.39, 0.29) is 16.6 Å². The summed E-state index contributed by atoms with van der Waals surface area (Å²) in [7, 11) is 0. The predicted molar refractivity (Wildman–Crippen MR) is 70.8 cm³/mol. The minimum absolute atomic E-state index is 0.246. The molecule has 0 spiro atoms. The molecule has 3 amide bonds. The van der Waals surface area contributed by atoms with Gasteiger partial charge in [-0.05, 0) is 12.1 Å². The smallest absolute Gasteiger partial charge is 0.312 e. The van der Waals surface area contributed by atoms with E-state index in [4.69, 9.17) is 40.5 Å². The van der Waals surface area contributed by atoms with Crippen LogP contribution in [0.15, 0.2) is 12.1 Å². The highest BCUT2D eigenvalue weighted by Gasteiger charge is 2.09. The molecule has 0 unspecified atom stereocenters. The first-order valence-corrected chi connectivity index (χ1v) is 5.76. The highest BCUT2D eigenvalue weighted by atomic mass is 35.5. The number of benzene rings is 1. The van der Waals surface area contributed by atoms with Gasteiger partial charge in [-0.25, -0.2) is 4.79 Å². The molecule has 0 aliphatic carbocycles. The lowest BCUT2D eigenvalue weighted by Gasteiger charge is -2.12. The molecule has 98 valence electrons. The highest BCUT2D eigenvalue weighted by molar-refractivity contribution is 6.41. The summed E-state index contributed by atoms with van der Waals surface area (Å²) in [5, 5.41) is 2.98. The molecule has 0 aliphatic heterocycles. The summed E-state index contributed by atoms with van der Waals surface area (Å²) < 4.78 is 0. The van der Waals surface area contributed by atoms with Crippen LogP contribution in [0.1, 0.15) is 0 Å². The topological polar surface area (TPSA) is 96.2 Å². The van der Waals surface area contributed by atoms with E-state index in [1.165, 1.54) is 12.1 Å². The number of nitrogens with two attached hydrogens (primary N) is 1. The maximum absolute atomic E-state index is 11.3. The van der Waals surface area contributed by atoms with Crippen LogP contribution in [0.3, 0.4) is 0 Å². The summed E-state index contributed by atoms with van der Waals surface area (Å²) in [6.07, 6.45) is 0. The Morgan fingerprint density at radius 3 is 2.22 bits per heavy atom. The summed E-state index contributed by atoms with van der Waals surface area (Å²) in [4.78, 5) is 21.6. The monoisotopic (exact) mass is 310 g/mol. The van der Waals surface area contributed by atoms with Gasteiger partial charge >= 0.3 is 6.03 Å². The molecule has 9 heteroatoms. The zero-order valence-corrected chi connectivity index (χ0v) is 11.2. The van der Waals surface area contributed by atoms with Crippen molar-refractivity contribution in [2.45, 2.75) is 0 Å². The summed E-state index contributed by atoms with van der Waals surface area (Å²) >= 11 is 17.5. The fourth-order valence-corrected chi connectivity index (χ4v) is 1.92. The Hall–Kier alpha value is -1.37. The molecule has 1 rings (SSSR count). The molecule has 1 aromatic carbocycles. The Morgan fingerprint density at radius 1 is 1.17 bits per heavy atom.